The maximum absolute atomic E-state index is 5.56. The van der Waals surface area contributed by atoms with Crippen LogP contribution in [-0.2, 0) is 0 Å². The molecule has 1 nitrogen and oxygen atoms in total. The number of nitrogens with two attached hydrogens (primary N) is 1. The SMILES string of the molecule is C=C1C=C(CN)CC(C)C1C. The minimum atomic E-state index is 0.630. The van der Waals surface area contributed by atoms with Gasteiger partial charge >= 0.3 is 0 Å². The Morgan fingerprint density at radius 1 is 1.64 bits per heavy atom. The number of hydrogen-bond donors (Lipinski definition) is 1. The Kier molecular flexibility index (Phi) is 2.50. The fraction of sp³-hybridized carbons (Fsp3) is 0.600. The lowest BCUT2D eigenvalue weighted by Crippen LogP contribution is -2.18. The average molecular weight is 151 g/mol. The van der Waals surface area contributed by atoms with Crippen molar-refractivity contribution in [2.75, 3.05) is 6.54 Å². The molecule has 11 heavy (non-hydrogen) atoms. The van der Waals surface area contributed by atoms with E-state index in [9.17, 15) is 0 Å². The van der Waals surface area contributed by atoms with Crippen LogP contribution < -0.4 is 5.73 Å². The van der Waals surface area contributed by atoms with E-state index in [-0.39, 0.29) is 0 Å². The van der Waals surface area contributed by atoms with Gasteiger partial charge in [0.05, 0.1) is 0 Å². The van der Waals surface area contributed by atoms with E-state index in [2.05, 4.69) is 26.5 Å². The fourth-order valence-electron chi connectivity index (χ4n) is 1.55. The van der Waals surface area contributed by atoms with Crippen LogP contribution in [0, 0.1) is 11.8 Å². The Bertz CT molecular complexity index is 191. The Hall–Kier alpha value is -0.560. The van der Waals surface area contributed by atoms with Crippen LogP contribution in [0.2, 0.25) is 0 Å². The van der Waals surface area contributed by atoms with Crippen molar-refractivity contribution < 1.29 is 0 Å². The summed E-state index contributed by atoms with van der Waals surface area (Å²) in [5.74, 6) is 1.34. The molecule has 1 aliphatic rings. The molecule has 2 atom stereocenters. The largest absolute Gasteiger partial charge is 0.327 e. The van der Waals surface area contributed by atoms with E-state index < -0.39 is 0 Å². The minimum absolute atomic E-state index is 0.630. The Morgan fingerprint density at radius 3 is 2.73 bits per heavy atom. The van der Waals surface area contributed by atoms with Crippen LogP contribution in [0.4, 0.5) is 0 Å². The van der Waals surface area contributed by atoms with Gasteiger partial charge in [0.2, 0.25) is 0 Å². The van der Waals surface area contributed by atoms with Crippen LogP contribution in [0.5, 0.6) is 0 Å². The van der Waals surface area contributed by atoms with E-state index in [0.717, 1.165) is 6.42 Å². The molecular weight excluding hydrogens is 134 g/mol. The summed E-state index contributed by atoms with van der Waals surface area (Å²) in [5, 5.41) is 0. The quantitative estimate of drug-likeness (QED) is 0.610. The highest BCUT2D eigenvalue weighted by molar-refractivity contribution is 5.28. The molecule has 0 amide bonds. The Balaban J connectivity index is 2.76. The molecule has 0 fully saturated rings. The molecule has 1 aliphatic carbocycles. The molecule has 0 spiro atoms. The van der Waals surface area contributed by atoms with Gasteiger partial charge in [-0.25, -0.2) is 0 Å². The van der Waals surface area contributed by atoms with E-state index >= 15 is 0 Å². The fourth-order valence-corrected chi connectivity index (χ4v) is 1.55. The second-order valence-electron chi connectivity index (χ2n) is 3.55. The van der Waals surface area contributed by atoms with Gasteiger partial charge in [-0.3, -0.25) is 0 Å². The van der Waals surface area contributed by atoms with E-state index in [1.165, 1.54) is 11.1 Å². The molecule has 0 saturated carbocycles. The summed E-state index contributed by atoms with van der Waals surface area (Å²) < 4.78 is 0. The van der Waals surface area contributed by atoms with Crippen molar-refractivity contribution in [3.05, 3.63) is 23.8 Å². The summed E-state index contributed by atoms with van der Waals surface area (Å²) in [6, 6.07) is 0. The molecule has 62 valence electrons. The summed E-state index contributed by atoms with van der Waals surface area (Å²) in [4.78, 5) is 0. The summed E-state index contributed by atoms with van der Waals surface area (Å²) >= 11 is 0. The van der Waals surface area contributed by atoms with Crippen molar-refractivity contribution in [1.29, 1.82) is 0 Å². The van der Waals surface area contributed by atoms with Gasteiger partial charge in [0.1, 0.15) is 0 Å². The third-order valence-corrected chi connectivity index (χ3v) is 2.67. The molecule has 0 bridgehead atoms. The highest BCUT2D eigenvalue weighted by Gasteiger charge is 2.19. The van der Waals surface area contributed by atoms with Gasteiger partial charge in [0.15, 0.2) is 0 Å². The van der Waals surface area contributed by atoms with Crippen LogP contribution in [0.25, 0.3) is 0 Å². The first-order valence-corrected chi connectivity index (χ1v) is 4.23. The molecule has 0 aromatic rings. The van der Waals surface area contributed by atoms with Crippen LogP contribution in [-0.4, -0.2) is 6.54 Å². The van der Waals surface area contributed by atoms with Crippen molar-refractivity contribution in [2.24, 2.45) is 17.6 Å². The summed E-state index contributed by atoms with van der Waals surface area (Å²) in [6.07, 6.45) is 3.31. The molecular formula is C10H17N. The predicted molar refractivity (Wildman–Crippen MR) is 49.2 cm³/mol. The molecule has 2 unspecified atom stereocenters. The van der Waals surface area contributed by atoms with Gasteiger partial charge in [-0.2, -0.15) is 0 Å². The van der Waals surface area contributed by atoms with Crippen LogP contribution >= 0.6 is 0 Å². The molecule has 0 heterocycles. The van der Waals surface area contributed by atoms with Gasteiger partial charge < -0.3 is 5.73 Å². The second kappa shape index (κ2) is 3.22. The lowest BCUT2D eigenvalue weighted by molar-refractivity contribution is 0.427. The third-order valence-electron chi connectivity index (χ3n) is 2.67. The smallest absolute Gasteiger partial charge is 0.0140 e. The molecule has 0 radical (unpaired) electrons. The monoisotopic (exact) mass is 151 g/mol. The minimum Gasteiger partial charge on any atom is -0.327 e. The van der Waals surface area contributed by atoms with E-state index in [4.69, 9.17) is 5.73 Å². The van der Waals surface area contributed by atoms with Gasteiger partial charge in [0.25, 0.3) is 0 Å². The number of allylic oxidation sites excluding steroid dienone is 2. The summed E-state index contributed by atoms with van der Waals surface area (Å²) in [5.41, 5.74) is 8.15. The first kappa shape index (κ1) is 8.54. The highest BCUT2D eigenvalue weighted by atomic mass is 14.5. The van der Waals surface area contributed by atoms with Crippen molar-refractivity contribution >= 4 is 0 Å². The van der Waals surface area contributed by atoms with Gasteiger partial charge in [-0.1, -0.05) is 37.6 Å². The topological polar surface area (TPSA) is 26.0 Å². The zero-order valence-electron chi connectivity index (χ0n) is 7.43. The highest BCUT2D eigenvalue weighted by Crippen LogP contribution is 2.31. The van der Waals surface area contributed by atoms with E-state index in [1.807, 2.05) is 0 Å². The van der Waals surface area contributed by atoms with Crippen molar-refractivity contribution in [3.63, 3.8) is 0 Å². The maximum atomic E-state index is 5.56. The molecule has 1 rings (SSSR count). The molecule has 0 aromatic carbocycles. The maximum Gasteiger partial charge on any atom is 0.0140 e. The number of hydrogen-bond acceptors (Lipinski definition) is 1. The zero-order valence-corrected chi connectivity index (χ0v) is 7.43. The molecule has 1 heteroatoms. The third kappa shape index (κ3) is 1.72. The van der Waals surface area contributed by atoms with Gasteiger partial charge in [-0.15, -0.1) is 0 Å². The van der Waals surface area contributed by atoms with Crippen molar-refractivity contribution in [1.82, 2.24) is 0 Å². The van der Waals surface area contributed by atoms with Gasteiger partial charge in [0, 0.05) is 6.54 Å². The van der Waals surface area contributed by atoms with Crippen LogP contribution in [0.1, 0.15) is 20.3 Å². The standard InChI is InChI=1S/C10H17N/c1-7-4-10(6-11)5-8(2)9(7)3/h4,8-9H,1,5-6,11H2,2-3H3. The Morgan fingerprint density at radius 2 is 2.27 bits per heavy atom. The first-order chi connectivity index (χ1) is 5.15. The lowest BCUT2D eigenvalue weighted by atomic mass is 9.79. The number of rotatable bonds is 1. The van der Waals surface area contributed by atoms with Crippen LogP contribution in [0.3, 0.4) is 0 Å². The molecule has 2 N–H and O–H groups in total. The molecule has 0 saturated heterocycles. The van der Waals surface area contributed by atoms with Crippen molar-refractivity contribution in [3.8, 4) is 0 Å². The van der Waals surface area contributed by atoms with Crippen LogP contribution in [0.15, 0.2) is 23.8 Å². The average Bonchev–Trinajstić information content (AvgIpc) is 1.99. The normalized spacial score (nSPS) is 31.9. The van der Waals surface area contributed by atoms with Gasteiger partial charge in [-0.05, 0) is 18.3 Å². The molecule has 0 aromatic heterocycles. The summed E-state index contributed by atoms with van der Waals surface area (Å²) in [7, 11) is 0. The van der Waals surface area contributed by atoms with Crippen molar-refractivity contribution in [2.45, 2.75) is 20.3 Å². The van der Waals surface area contributed by atoms with E-state index in [1.54, 1.807) is 0 Å². The Labute approximate surface area is 69.0 Å². The second-order valence-corrected chi connectivity index (χ2v) is 3.55. The predicted octanol–water partition coefficient (Wildman–Crippen LogP) is 2.10. The lowest BCUT2D eigenvalue weighted by Gasteiger charge is -2.27. The van der Waals surface area contributed by atoms with E-state index in [0.29, 0.717) is 18.4 Å². The summed E-state index contributed by atoms with van der Waals surface area (Å²) in [6.45, 7) is 9.20. The molecule has 0 aliphatic heterocycles. The zero-order chi connectivity index (χ0) is 8.43. The first-order valence-electron chi connectivity index (χ1n) is 4.23.